The highest BCUT2D eigenvalue weighted by Gasteiger charge is 2.29. The van der Waals surface area contributed by atoms with Gasteiger partial charge in [0.2, 0.25) is 5.91 Å². The Hall–Kier alpha value is -2.82. The first-order valence-electron chi connectivity index (χ1n) is 11.6. The Morgan fingerprint density at radius 2 is 1.94 bits per heavy atom. The van der Waals surface area contributed by atoms with Crippen LogP contribution < -0.4 is 10.1 Å². The summed E-state index contributed by atoms with van der Waals surface area (Å²) in [4.78, 5) is 16.8. The molecule has 1 heterocycles. The number of imidazole rings is 1. The molecule has 5 heteroatoms. The molecule has 2 aromatic carbocycles. The monoisotopic (exact) mass is 419 g/mol. The minimum absolute atomic E-state index is 0.159. The van der Waals surface area contributed by atoms with Crippen LogP contribution in [0.1, 0.15) is 63.3 Å². The number of para-hydroxylation sites is 2. The second kappa shape index (κ2) is 9.99. The largest absolute Gasteiger partial charge is 0.494 e. The highest BCUT2D eigenvalue weighted by Crippen LogP contribution is 2.29. The van der Waals surface area contributed by atoms with Crippen molar-refractivity contribution in [2.75, 3.05) is 6.61 Å². The van der Waals surface area contributed by atoms with Gasteiger partial charge < -0.3 is 14.6 Å². The number of carbonyl (C=O) groups is 1. The van der Waals surface area contributed by atoms with Crippen molar-refractivity contribution < 1.29 is 9.53 Å². The van der Waals surface area contributed by atoms with Gasteiger partial charge in [0.1, 0.15) is 11.6 Å². The molecule has 5 nitrogen and oxygen atoms in total. The van der Waals surface area contributed by atoms with Crippen molar-refractivity contribution >= 4 is 16.9 Å². The lowest BCUT2D eigenvalue weighted by Crippen LogP contribution is -2.26. The Balaban J connectivity index is 1.29. The van der Waals surface area contributed by atoms with E-state index in [-0.39, 0.29) is 11.8 Å². The number of hydrogen-bond donors (Lipinski definition) is 1. The number of carbonyl (C=O) groups excluding carboxylic acids is 1. The Labute approximate surface area is 184 Å². The Morgan fingerprint density at radius 3 is 2.68 bits per heavy atom. The van der Waals surface area contributed by atoms with Crippen LogP contribution in [0.2, 0.25) is 0 Å². The molecule has 0 radical (unpaired) electrons. The first-order chi connectivity index (χ1) is 15.2. The number of amides is 1. The van der Waals surface area contributed by atoms with E-state index in [1.807, 2.05) is 18.2 Å². The number of fused-ring (bicyclic) bond motifs is 1. The molecule has 4 rings (SSSR count). The molecule has 1 fully saturated rings. The van der Waals surface area contributed by atoms with Crippen molar-refractivity contribution in [1.29, 1.82) is 0 Å². The molecule has 164 valence electrons. The van der Waals surface area contributed by atoms with E-state index in [2.05, 4.69) is 54.1 Å². The van der Waals surface area contributed by atoms with Crippen molar-refractivity contribution in [1.82, 2.24) is 14.9 Å². The van der Waals surface area contributed by atoms with Crippen molar-refractivity contribution in [3.8, 4) is 5.75 Å². The van der Waals surface area contributed by atoms with Crippen LogP contribution in [0.4, 0.5) is 0 Å². The van der Waals surface area contributed by atoms with E-state index in [1.54, 1.807) is 0 Å². The molecule has 0 saturated heterocycles. The predicted octanol–water partition coefficient (Wildman–Crippen LogP) is 5.44. The standard InChI is InChI=1S/C26H33N3O2/c1-3-19(2)20-12-14-22(15-13-20)31-17-7-6-16-29-24-9-5-4-8-23(24)28-25(29)18-27-26(30)21-10-11-21/h4-5,8-9,12-15,19,21H,3,6-7,10-11,16-18H2,1-2H3,(H,27,30). The number of aryl methyl sites for hydroxylation is 1. The van der Waals surface area contributed by atoms with Crippen molar-refractivity contribution in [2.24, 2.45) is 5.92 Å². The minimum atomic E-state index is 0.159. The quantitative estimate of drug-likeness (QED) is 0.421. The fraction of sp³-hybridized carbons (Fsp3) is 0.462. The van der Waals surface area contributed by atoms with Crippen LogP contribution in [0.5, 0.6) is 5.75 Å². The topological polar surface area (TPSA) is 56.1 Å². The van der Waals surface area contributed by atoms with Crippen LogP contribution in [-0.2, 0) is 17.9 Å². The van der Waals surface area contributed by atoms with Gasteiger partial charge in [0.15, 0.2) is 0 Å². The third-order valence-electron chi connectivity index (χ3n) is 6.21. The van der Waals surface area contributed by atoms with Gasteiger partial charge >= 0.3 is 0 Å². The van der Waals surface area contributed by atoms with Crippen molar-refractivity contribution in [3.63, 3.8) is 0 Å². The smallest absolute Gasteiger partial charge is 0.223 e. The molecule has 0 aliphatic heterocycles. The van der Waals surface area contributed by atoms with Gasteiger partial charge in [-0.25, -0.2) is 4.98 Å². The van der Waals surface area contributed by atoms with Gasteiger partial charge in [0, 0.05) is 12.5 Å². The van der Waals surface area contributed by atoms with Gasteiger partial charge in [-0.2, -0.15) is 0 Å². The van der Waals surface area contributed by atoms with Gasteiger partial charge in [0.05, 0.1) is 24.2 Å². The molecule has 1 N–H and O–H groups in total. The summed E-state index contributed by atoms with van der Waals surface area (Å²) in [5.41, 5.74) is 3.47. The van der Waals surface area contributed by atoms with Crippen LogP contribution in [0.25, 0.3) is 11.0 Å². The zero-order chi connectivity index (χ0) is 21.6. The van der Waals surface area contributed by atoms with E-state index in [0.717, 1.165) is 61.3 Å². The molecular formula is C26H33N3O2. The first kappa shape index (κ1) is 21.4. The second-order valence-electron chi connectivity index (χ2n) is 8.59. The lowest BCUT2D eigenvalue weighted by Gasteiger charge is -2.12. The van der Waals surface area contributed by atoms with Gasteiger partial charge in [-0.3, -0.25) is 4.79 Å². The average molecular weight is 420 g/mol. The molecule has 1 aromatic heterocycles. The number of aromatic nitrogens is 2. The van der Waals surface area contributed by atoms with Crippen LogP contribution >= 0.6 is 0 Å². The van der Waals surface area contributed by atoms with Crippen LogP contribution in [0, 0.1) is 5.92 Å². The van der Waals surface area contributed by atoms with Gasteiger partial charge in [-0.1, -0.05) is 38.1 Å². The Bertz CT molecular complexity index is 1010. The summed E-state index contributed by atoms with van der Waals surface area (Å²) >= 11 is 0. The van der Waals surface area contributed by atoms with E-state index in [4.69, 9.17) is 9.72 Å². The minimum Gasteiger partial charge on any atom is -0.494 e. The van der Waals surface area contributed by atoms with Crippen LogP contribution in [-0.4, -0.2) is 22.1 Å². The Morgan fingerprint density at radius 1 is 1.16 bits per heavy atom. The third kappa shape index (κ3) is 5.46. The predicted molar refractivity (Wildman–Crippen MR) is 124 cm³/mol. The first-order valence-corrected chi connectivity index (χ1v) is 11.6. The maximum absolute atomic E-state index is 12.0. The zero-order valence-corrected chi connectivity index (χ0v) is 18.6. The van der Waals surface area contributed by atoms with E-state index >= 15 is 0 Å². The molecule has 1 atom stereocenters. The molecule has 1 saturated carbocycles. The Kier molecular flexibility index (Phi) is 6.90. The molecule has 1 amide bonds. The number of nitrogens with one attached hydrogen (secondary N) is 1. The van der Waals surface area contributed by atoms with Gasteiger partial charge in [-0.05, 0) is 67.9 Å². The number of nitrogens with zero attached hydrogens (tertiary/aromatic N) is 2. The molecule has 0 spiro atoms. The van der Waals surface area contributed by atoms with Crippen molar-refractivity contribution in [2.45, 2.75) is 65.0 Å². The second-order valence-corrected chi connectivity index (χ2v) is 8.59. The summed E-state index contributed by atoms with van der Waals surface area (Å²) in [5, 5.41) is 3.05. The normalized spacial score (nSPS) is 14.5. The maximum Gasteiger partial charge on any atom is 0.223 e. The SMILES string of the molecule is CCC(C)c1ccc(OCCCCn2c(CNC(=O)C3CC3)nc3ccccc32)cc1. The molecule has 1 unspecified atom stereocenters. The summed E-state index contributed by atoms with van der Waals surface area (Å²) in [5.74, 6) is 2.82. The van der Waals surface area contributed by atoms with Gasteiger partial charge in [0.25, 0.3) is 0 Å². The summed E-state index contributed by atoms with van der Waals surface area (Å²) in [6.45, 7) is 6.52. The van der Waals surface area contributed by atoms with Crippen LogP contribution in [0.3, 0.4) is 0 Å². The summed E-state index contributed by atoms with van der Waals surface area (Å²) < 4.78 is 8.18. The molecule has 3 aromatic rings. The van der Waals surface area contributed by atoms with Crippen LogP contribution in [0.15, 0.2) is 48.5 Å². The van der Waals surface area contributed by atoms with Crippen molar-refractivity contribution in [3.05, 3.63) is 59.9 Å². The lowest BCUT2D eigenvalue weighted by atomic mass is 9.99. The third-order valence-corrected chi connectivity index (χ3v) is 6.21. The van der Waals surface area contributed by atoms with E-state index in [1.165, 1.54) is 5.56 Å². The van der Waals surface area contributed by atoms with Gasteiger partial charge in [-0.15, -0.1) is 0 Å². The number of hydrogen-bond acceptors (Lipinski definition) is 3. The number of unbranched alkanes of at least 4 members (excludes halogenated alkanes) is 1. The highest BCUT2D eigenvalue weighted by atomic mass is 16.5. The number of ether oxygens (including phenoxy) is 1. The highest BCUT2D eigenvalue weighted by molar-refractivity contribution is 5.81. The number of rotatable bonds is 11. The fourth-order valence-electron chi connectivity index (χ4n) is 3.86. The summed E-state index contributed by atoms with van der Waals surface area (Å²) in [6, 6.07) is 16.7. The molecule has 31 heavy (non-hydrogen) atoms. The lowest BCUT2D eigenvalue weighted by molar-refractivity contribution is -0.122. The molecule has 1 aliphatic rings. The molecule has 0 bridgehead atoms. The fourth-order valence-corrected chi connectivity index (χ4v) is 3.86. The van der Waals surface area contributed by atoms with E-state index in [0.29, 0.717) is 19.1 Å². The number of benzene rings is 2. The molecule has 1 aliphatic carbocycles. The van der Waals surface area contributed by atoms with E-state index < -0.39 is 0 Å². The summed E-state index contributed by atoms with van der Waals surface area (Å²) in [6.07, 6.45) is 5.14. The zero-order valence-electron chi connectivity index (χ0n) is 18.6. The summed E-state index contributed by atoms with van der Waals surface area (Å²) in [7, 11) is 0. The molecular weight excluding hydrogens is 386 g/mol. The average Bonchev–Trinajstić information content (AvgIpc) is 3.60. The maximum atomic E-state index is 12.0. The van der Waals surface area contributed by atoms with E-state index in [9.17, 15) is 4.79 Å².